The maximum absolute atomic E-state index is 15.6. The van der Waals surface area contributed by atoms with Crippen LogP contribution >= 0.6 is 23.1 Å². The molecule has 8 aromatic carbocycles. The zero-order valence-electron chi connectivity index (χ0n) is 45.6. The molecular weight excluding hydrogens is 1090 g/mol. The lowest BCUT2D eigenvalue weighted by molar-refractivity contribution is -0.165. The average Bonchev–Trinajstić information content (AvgIpc) is 1.62. The number of fused-ring (bicyclic) bond motifs is 1. The molecule has 418 valence electrons. The molecule has 3 amide bonds. The van der Waals surface area contributed by atoms with E-state index in [1.54, 1.807) is 15.7 Å². The molecule has 3 unspecified atom stereocenters. The van der Waals surface area contributed by atoms with Crippen LogP contribution < -0.4 is 10.6 Å². The zero-order valence-corrected chi connectivity index (χ0v) is 47.2. The van der Waals surface area contributed by atoms with Crippen molar-refractivity contribution in [2.75, 3.05) is 25.0 Å². The smallest absolute Gasteiger partial charge is 0.410 e. The van der Waals surface area contributed by atoms with E-state index in [9.17, 15) is 9.59 Å². The summed E-state index contributed by atoms with van der Waals surface area (Å²) < 4.78 is 12.3. The zero-order chi connectivity index (χ0) is 57.3. The van der Waals surface area contributed by atoms with Crippen molar-refractivity contribution >= 4 is 57.8 Å². The summed E-state index contributed by atoms with van der Waals surface area (Å²) in [6.45, 7) is 0.870. The van der Waals surface area contributed by atoms with E-state index in [0.29, 0.717) is 23.8 Å². The third kappa shape index (κ3) is 11.0. The predicted octanol–water partition coefficient (Wildman–Crippen LogP) is 12.5. The van der Waals surface area contributed by atoms with Crippen LogP contribution in [0.1, 0.15) is 69.1 Å². The largest absolute Gasteiger partial charge is 0.451 e. The molecule has 4 heterocycles. The molecule has 9 aromatic rings. The van der Waals surface area contributed by atoms with E-state index in [1.165, 1.54) is 28.0 Å². The van der Waals surface area contributed by atoms with Crippen LogP contribution in [0.5, 0.6) is 0 Å². The molecule has 1 aromatic heterocycles. The van der Waals surface area contributed by atoms with Crippen LogP contribution in [-0.4, -0.2) is 81.5 Å². The topological polar surface area (TPSA) is 152 Å². The first-order valence-electron chi connectivity index (χ1n) is 27.8. The molecule has 13 nitrogen and oxygen atoms in total. The molecule has 84 heavy (non-hydrogen) atoms. The van der Waals surface area contributed by atoms with Gasteiger partial charge in [-0.15, -0.1) is 23.1 Å². The van der Waals surface area contributed by atoms with Crippen LogP contribution in [-0.2, 0) is 39.8 Å². The van der Waals surface area contributed by atoms with E-state index in [0.717, 1.165) is 57.3 Å². The number of carbonyl (C=O) groups excluding carboxylic acids is 4. The number of esters is 1. The number of likely N-dealkylation sites (tertiary alicyclic amines) is 1. The van der Waals surface area contributed by atoms with Gasteiger partial charge in [0.05, 0.1) is 0 Å². The minimum absolute atomic E-state index is 0.169. The fraction of sp³-hybridized carbons (Fsp3) is 0.159. The SMILES string of the molecule is O=C(NC1C(=O)N2C(C(=O)OC(c3ccccc3)c3ccccc3)C(COC(=O)N3CCCC3)=CSC12)/C(=N\OC(c1ccccc1)(c1ccccc1)c1ccccc1)c1csc(NC(c2ccccc2)(c2ccccc2)c2ccccc2)n1. The number of anilines is 1. The van der Waals surface area contributed by atoms with Crippen molar-refractivity contribution in [1.82, 2.24) is 20.1 Å². The molecule has 3 aliphatic heterocycles. The quantitative estimate of drug-likeness (QED) is 0.0263. The number of rotatable bonds is 19. The number of benzene rings is 8. The summed E-state index contributed by atoms with van der Waals surface area (Å²) in [5.41, 5.74) is 4.47. The molecule has 15 heteroatoms. The van der Waals surface area contributed by atoms with Gasteiger partial charge in [0.1, 0.15) is 29.3 Å². The highest BCUT2D eigenvalue weighted by molar-refractivity contribution is 8.03. The molecule has 2 fully saturated rings. The normalized spacial score (nSPS) is 16.9. The summed E-state index contributed by atoms with van der Waals surface area (Å²) in [4.78, 5) is 74.1. The van der Waals surface area contributed by atoms with Gasteiger partial charge in [-0.05, 0) is 46.1 Å². The number of oxime groups is 1. The van der Waals surface area contributed by atoms with Gasteiger partial charge in [-0.1, -0.05) is 248 Å². The van der Waals surface area contributed by atoms with Gasteiger partial charge in [0.25, 0.3) is 5.91 Å². The Morgan fingerprint density at radius 3 is 1.51 bits per heavy atom. The first-order valence-corrected chi connectivity index (χ1v) is 29.7. The second kappa shape index (κ2) is 24.9. The molecular formula is C69H58N6O7S2. The number of ether oxygens (including phenoxy) is 2. The van der Waals surface area contributed by atoms with E-state index in [-0.39, 0.29) is 18.0 Å². The van der Waals surface area contributed by atoms with Crippen molar-refractivity contribution < 1.29 is 33.5 Å². The van der Waals surface area contributed by atoms with E-state index in [4.69, 9.17) is 24.5 Å². The van der Waals surface area contributed by atoms with Gasteiger partial charge in [-0.25, -0.2) is 14.6 Å². The highest BCUT2D eigenvalue weighted by Crippen LogP contribution is 2.45. The lowest BCUT2D eigenvalue weighted by Gasteiger charge is -2.51. The highest BCUT2D eigenvalue weighted by Gasteiger charge is 2.57. The molecule has 12 rings (SSSR count). The molecule has 0 saturated carbocycles. The number of amides is 3. The number of hydrogen-bond donors (Lipinski definition) is 2. The first-order chi connectivity index (χ1) is 41.3. The monoisotopic (exact) mass is 1150 g/mol. The lowest BCUT2D eigenvalue weighted by atomic mass is 9.77. The highest BCUT2D eigenvalue weighted by atomic mass is 32.2. The number of thioether (sulfide) groups is 1. The Hall–Kier alpha value is -9.57. The van der Waals surface area contributed by atoms with Crippen LogP contribution in [0.3, 0.4) is 0 Å². The maximum atomic E-state index is 15.6. The number of β-lactam (4-membered cyclic amide) rings is 1. The first kappa shape index (κ1) is 55.0. The Morgan fingerprint density at radius 2 is 1.05 bits per heavy atom. The van der Waals surface area contributed by atoms with Crippen LogP contribution in [0.25, 0.3) is 0 Å². The minimum Gasteiger partial charge on any atom is -0.451 e. The van der Waals surface area contributed by atoms with E-state index in [2.05, 4.69) is 47.0 Å². The molecule has 0 spiro atoms. The van der Waals surface area contributed by atoms with Crippen molar-refractivity contribution in [2.24, 2.45) is 5.16 Å². The average molecular weight is 1150 g/mol. The van der Waals surface area contributed by atoms with Crippen molar-refractivity contribution in [3.63, 3.8) is 0 Å². The fourth-order valence-corrected chi connectivity index (χ4v) is 13.3. The molecule has 2 saturated heterocycles. The summed E-state index contributed by atoms with van der Waals surface area (Å²) in [6.07, 6.45) is 0.391. The van der Waals surface area contributed by atoms with Crippen LogP contribution in [0.15, 0.2) is 264 Å². The Balaban J connectivity index is 0.925. The summed E-state index contributed by atoms with van der Waals surface area (Å²) in [7, 11) is 0. The number of hydrogen-bond acceptors (Lipinski definition) is 12. The van der Waals surface area contributed by atoms with Crippen LogP contribution in [0, 0.1) is 0 Å². The van der Waals surface area contributed by atoms with Gasteiger partial charge >= 0.3 is 12.1 Å². The van der Waals surface area contributed by atoms with Gasteiger partial charge in [0.2, 0.25) is 11.5 Å². The summed E-state index contributed by atoms with van der Waals surface area (Å²) in [5.74, 6) is -2.04. The minimum atomic E-state index is -1.40. The second-order valence-corrected chi connectivity index (χ2v) is 22.4. The van der Waals surface area contributed by atoms with E-state index in [1.807, 2.05) is 206 Å². The van der Waals surface area contributed by atoms with E-state index >= 15 is 9.59 Å². The van der Waals surface area contributed by atoms with Gasteiger partial charge in [0.15, 0.2) is 23.0 Å². The molecule has 3 aliphatic rings. The molecule has 2 N–H and O–H groups in total. The summed E-state index contributed by atoms with van der Waals surface area (Å²) in [5, 5.41) is 14.9. The van der Waals surface area contributed by atoms with Gasteiger partial charge in [-0.2, -0.15) is 0 Å². The fourth-order valence-electron chi connectivity index (χ4n) is 11.3. The van der Waals surface area contributed by atoms with Crippen LogP contribution in [0.4, 0.5) is 9.93 Å². The summed E-state index contributed by atoms with van der Waals surface area (Å²) in [6, 6.07) is 75.7. The molecule has 3 atom stereocenters. The van der Waals surface area contributed by atoms with Gasteiger partial charge in [-0.3, -0.25) is 9.59 Å². The van der Waals surface area contributed by atoms with Crippen molar-refractivity contribution in [2.45, 2.75) is 47.5 Å². The summed E-state index contributed by atoms with van der Waals surface area (Å²) >= 11 is 2.52. The Morgan fingerprint density at radius 1 is 0.607 bits per heavy atom. The molecule has 0 aliphatic carbocycles. The Bertz CT molecular complexity index is 3550. The van der Waals surface area contributed by atoms with Gasteiger partial charge < -0.3 is 34.7 Å². The molecule has 0 bridgehead atoms. The Kier molecular flexibility index (Phi) is 16.3. The van der Waals surface area contributed by atoms with Gasteiger partial charge in [0, 0.05) is 40.7 Å². The third-order valence-electron chi connectivity index (χ3n) is 15.4. The number of nitrogens with one attached hydrogen (secondary N) is 2. The maximum Gasteiger partial charge on any atom is 0.410 e. The second-order valence-electron chi connectivity index (χ2n) is 20.5. The van der Waals surface area contributed by atoms with Crippen LogP contribution in [0.2, 0.25) is 0 Å². The van der Waals surface area contributed by atoms with Crippen molar-refractivity contribution in [1.29, 1.82) is 0 Å². The Labute approximate surface area is 495 Å². The van der Waals surface area contributed by atoms with Crippen molar-refractivity contribution in [3.8, 4) is 0 Å². The lowest BCUT2D eigenvalue weighted by Crippen LogP contribution is -2.74. The van der Waals surface area contributed by atoms with E-state index < -0.39 is 58.6 Å². The number of thiazole rings is 1. The number of nitrogens with zero attached hydrogens (tertiary/aromatic N) is 4. The van der Waals surface area contributed by atoms with Crippen molar-refractivity contribution in [3.05, 3.63) is 309 Å². The standard InChI is InChI=1S/C69H58N6O7S2/c76-62(71-59-63(77)75-60(50(46-83-64(59)75)45-80-67(79)74-43-25-26-44-74)65(78)81-61(48-27-9-1-10-28-48)49-29-11-2-12-30-49)58(73-82-69(54-37-19-6-20-38-54,55-39-21-7-22-40-55)56-41-23-8-24-42-56)57-47-84-66(70-57)72-68(51-31-13-3-14-32-51,52-33-15-4-16-34-52)53-35-17-5-18-36-53/h1-24,27-42,46-47,59-61,64H,25-26,43-45H2,(H,70,72)(H,71,76)/b73-58-. The third-order valence-corrected chi connectivity index (χ3v) is 17.4. The number of aromatic nitrogens is 1. The predicted molar refractivity (Wildman–Crippen MR) is 327 cm³/mol. The number of carbonyl (C=O) groups is 4. The molecule has 0 radical (unpaired) electrons.